The molecule has 88 valence electrons. The lowest BCUT2D eigenvalue weighted by Crippen LogP contribution is -2.37. The van der Waals surface area contributed by atoms with Crippen LogP contribution >= 0.6 is 0 Å². The zero-order valence-electron chi connectivity index (χ0n) is 10.2. The molecule has 1 aliphatic rings. The molecule has 2 N–H and O–H groups in total. The molecular weight excluding hydrogens is 200 g/mol. The molecule has 1 saturated heterocycles. The fraction of sp³-hybridized carbons (Fsp3) is 0.667. The third kappa shape index (κ3) is 2.02. The number of nitrogens with two attached hydrogens (primary N) is 1. The molecule has 0 aromatic carbocycles. The van der Waals surface area contributed by atoms with Crippen molar-refractivity contribution in [1.29, 1.82) is 0 Å². The molecule has 1 fully saturated rings. The summed E-state index contributed by atoms with van der Waals surface area (Å²) in [6.45, 7) is 7.45. The normalized spacial score (nSPS) is 25.4. The van der Waals surface area contributed by atoms with Gasteiger partial charge in [-0.25, -0.2) is 9.97 Å². The van der Waals surface area contributed by atoms with E-state index in [2.05, 4.69) is 41.7 Å². The Bertz CT molecular complexity index is 364. The monoisotopic (exact) mass is 220 g/mol. The SMILES string of the molecule is CC(C)c1cc(N2CCC(N)C2C)ncn1. The van der Waals surface area contributed by atoms with Gasteiger partial charge in [0, 0.05) is 30.4 Å². The van der Waals surface area contributed by atoms with Crippen LogP contribution in [0.1, 0.15) is 38.8 Å². The first-order chi connectivity index (χ1) is 7.59. The second-order valence-electron chi connectivity index (χ2n) is 4.84. The van der Waals surface area contributed by atoms with E-state index in [-0.39, 0.29) is 6.04 Å². The largest absolute Gasteiger partial charge is 0.352 e. The lowest BCUT2D eigenvalue weighted by molar-refractivity contribution is 0.620. The van der Waals surface area contributed by atoms with Gasteiger partial charge in [0.2, 0.25) is 0 Å². The molecule has 1 aliphatic heterocycles. The van der Waals surface area contributed by atoms with Crippen molar-refractivity contribution in [3.8, 4) is 0 Å². The second kappa shape index (κ2) is 4.37. The summed E-state index contributed by atoms with van der Waals surface area (Å²) in [5, 5.41) is 0. The number of rotatable bonds is 2. The van der Waals surface area contributed by atoms with Crippen molar-refractivity contribution in [2.75, 3.05) is 11.4 Å². The summed E-state index contributed by atoms with van der Waals surface area (Å²) in [5.74, 6) is 1.45. The zero-order chi connectivity index (χ0) is 11.7. The van der Waals surface area contributed by atoms with Gasteiger partial charge in [-0.15, -0.1) is 0 Å². The Kier molecular flexibility index (Phi) is 3.10. The summed E-state index contributed by atoms with van der Waals surface area (Å²) in [4.78, 5) is 10.9. The summed E-state index contributed by atoms with van der Waals surface area (Å²) >= 11 is 0. The van der Waals surface area contributed by atoms with Gasteiger partial charge in [-0.1, -0.05) is 13.8 Å². The average molecular weight is 220 g/mol. The lowest BCUT2D eigenvalue weighted by atomic mass is 10.1. The van der Waals surface area contributed by atoms with Crippen LogP contribution in [0.2, 0.25) is 0 Å². The van der Waals surface area contributed by atoms with Crippen LogP contribution in [0.5, 0.6) is 0 Å². The Morgan fingerprint density at radius 3 is 2.75 bits per heavy atom. The van der Waals surface area contributed by atoms with Crippen LogP contribution < -0.4 is 10.6 Å². The standard InChI is InChI=1S/C12H20N4/c1-8(2)11-6-12(15-7-14-11)16-5-4-10(13)9(16)3/h6-10H,4-5,13H2,1-3H3. The lowest BCUT2D eigenvalue weighted by Gasteiger charge is -2.24. The van der Waals surface area contributed by atoms with E-state index in [0.29, 0.717) is 12.0 Å². The number of nitrogens with zero attached hydrogens (tertiary/aromatic N) is 3. The summed E-state index contributed by atoms with van der Waals surface area (Å²) in [6.07, 6.45) is 2.70. The molecule has 0 saturated carbocycles. The van der Waals surface area contributed by atoms with Gasteiger partial charge in [0.05, 0.1) is 0 Å². The second-order valence-corrected chi connectivity index (χ2v) is 4.84. The van der Waals surface area contributed by atoms with Crippen molar-refractivity contribution in [2.45, 2.75) is 45.2 Å². The molecule has 1 aromatic heterocycles. The fourth-order valence-corrected chi connectivity index (χ4v) is 2.12. The molecule has 1 aromatic rings. The molecule has 2 atom stereocenters. The van der Waals surface area contributed by atoms with Gasteiger partial charge in [-0.05, 0) is 19.3 Å². The molecule has 0 radical (unpaired) electrons. The van der Waals surface area contributed by atoms with Crippen molar-refractivity contribution >= 4 is 5.82 Å². The topological polar surface area (TPSA) is 55.0 Å². The van der Waals surface area contributed by atoms with E-state index in [1.165, 1.54) is 0 Å². The molecule has 0 amide bonds. The molecule has 16 heavy (non-hydrogen) atoms. The minimum Gasteiger partial charge on any atom is -0.352 e. The molecule has 2 rings (SSSR count). The third-order valence-electron chi connectivity index (χ3n) is 3.37. The Morgan fingerprint density at radius 2 is 2.19 bits per heavy atom. The van der Waals surface area contributed by atoms with E-state index in [9.17, 15) is 0 Å². The van der Waals surface area contributed by atoms with Gasteiger partial charge in [0.25, 0.3) is 0 Å². The minimum absolute atomic E-state index is 0.262. The van der Waals surface area contributed by atoms with Crippen LogP contribution in [-0.2, 0) is 0 Å². The van der Waals surface area contributed by atoms with Crippen LogP contribution in [0.3, 0.4) is 0 Å². The van der Waals surface area contributed by atoms with Gasteiger partial charge < -0.3 is 10.6 Å². The summed E-state index contributed by atoms with van der Waals surface area (Å²) in [7, 11) is 0. The van der Waals surface area contributed by atoms with E-state index >= 15 is 0 Å². The van der Waals surface area contributed by atoms with E-state index in [1.54, 1.807) is 6.33 Å². The van der Waals surface area contributed by atoms with Gasteiger partial charge in [-0.2, -0.15) is 0 Å². The number of hydrogen-bond acceptors (Lipinski definition) is 4. The Labute approximate surface area is 96.9 Å². The first kappa shape index (κ1) is 11.3. The maximum atomic E-state index is 6.02. The molecule has 0 spiro atoms. The van der Waals surface area contributed by atoms with Crippen molar-refractivity contribution in [1.82, 2.24) is 9.97 Å². The smallest absolute Gasteiger partial charge is 0.132 e. The van der Waals surface area contributed by atoms with Crippen molar-refractivity contribution in [2.24, 2.45) is 5.73 Å². The highest BCUT2D eigenvalue weighted by Gasteiger charge is 2.28. The maximum Gasteiger partial charge on any atom is 0.132 e. The third-order valence-corrected chi connectivity index (χ3v) is 3.37. The first-order valence-corrected chi connectivity index (χ1v) is 5.93. The summed E-state index contributed by atoms with van der Waals surface area (Å²) in [6, 6.07) is 2.71. The highest BCUT2D eigenvalue weighted by Crippen LogP contribution is 2.24. The maximum absolute atomic E-state index is 6.02. The van der Waals surface area contributed by atoms with E-state index in [4.69, 9.17) is 5.73 Å². The summed E-state index contributed by atoms with van der Waals surface area (Å²) < 4.78 is 0. The van der Waals surface area contributed by atoms with E-state index in [0.717, 1.165) is 24.5 Å². The van der Waals surface area contributed by atoms with E-state index in [1.807, 2.05) is 0 Å². The Balaban J connectivity index is 2.24. The molecule has 4 heteroatoms. The molecule has 4 nitrogen and oxygen atoms in total. The summed E-state index contributed by atoms with van der Waals surface area (Å²) in [5.41, 5.74) is 7.11. The van der Waals surface area contributed by atoms with Crippen molar-refractivity contribution in [3.05, 3.63) is 18.1 Å². The fourth-order valence-electron chi connectivity index (χ4n) is 2.12. The average Bonchev–Trinajstić information content (AvgIpc) is 2.60. The quantitative estimate of drug-likeness (QED) is 0.821. The number of hydrogen-bond donors (Lipinski definition) is 1. The van der Waals surface area contributed by atoms with Gasteiger partial charge in [-0.3, -0.25) is 0 Å². The predicted molar refractivity (Wildman–Crippen MR) is 65.5 cm³/mol. The van der Waals surface area contributed by atoms with Gasteiger partial charge >= 0.3 is 0 Å². The Morgan fingerprint density at radius 1 is 1.44 bits per heavy atom. The number of anilines is 1. The molecule has 0 bridgehead atoms. The highest BCUT2D eigenvalue weighted by molar-refractivity contribution is 5.42. The first-order valence-electron chi connectivity index (χ1n) is 5.93. The van der Waals surface area contributed by atoms with Crippen LogP contribution in [0.25, 0.3) is 0 Å². The van der Waals surface area contributed by atoms with Crippen LogP contribution in [0.15, 0.2) is 12.4 Å². The van der Waals surface area contributed by atoms with E-state index < -0.39 is 0 Å². The van der Waals surface area contributed by atoms with Gasteiger partial charge in [0.15, 0.2) is 0 Å². The van der Waals surface area contributed by atoms with Crippen LogP contribution in [0.4, 0.5) is 5.82 Å². The van der Waals surface area contributed by atoms with Gasteiger partial charge in [0.1, 0.15) is 12.1 Å². The number of aromatic nitrogens is 2. The molecule has 0 aliphatic carbocycles. The molecule has 2 unspecified atom stereocenters. The highest BCUT2D eigenvalue weighted by atomic mass is 15.2. The Hall–Kier alpha value is -1.16. The van der Waals surface area contributed by atoms with Crippen molar-refractivity contribution < 1.29 is 0 Å². The van der Waals surface area contributed by atoms with Crippen molar-refractivity contribution in [3.63, 3.8) is 0 Å². The molecular formula is C12H20N4. The zero-order valence-corrected chi connectivity index (χ0v) is 10.2. The van der Waals surface area contributed by atoms with Crippen LogP contribution in [-0.4, -0.2) is 28.6 Å². The minimum atomic E-state index is 0.262. The van der Waals surface area contributed by atoms with Crippen LogP contribution in [0, 0.1) is 0 Å². The molecule has 2 heterocycles. The predicted octanol–water partition coefficient (Wildman–Crippen LogP) is 1.53.